The standard InChI is InChI=1S/C19H20N2O/c1-13-9-5-7-11-16(13)19(4,18-21-20-15(3)22-18)17-12-8-6-10-14(17)2/h5-12H,1-4H3. The van der Waals surface area contributed by atoms with E-state index in [9.17, 15) is 0 Å². The van der Waals surface area contributed by atoms with Gasteiger partial charge in [-0.05, 0) is 43.0 Å². The van der Waals surface area contributed by atoms with Gasteiger partial charge >= 0.3 is 0 Å². The number of nitrogens with zero attached hydrogens (tertiary/aromatic N) is 2. The molecule has 0 aliphatic rings. The lowest BCUT2D eigenvalue weighted by atomic mass is 9.73. The summed E-state index contributed by atoms with van der Waals surface area (Å²) >= 11 is 0. The van der Waals surface area contributed by atoms with Crippen molar-refractivity contribution >= 4 is 0 Å². The molecule has 0 fully saturated rings. The second kappa shape index (κ2) is 5.41. The van der Waals surface area contributed by atoms with Gasteiger partial charge in [-0.3, -0.25) is 0 Å². The van der Waals surface area contributed by atoms with Crippen LogP contribution in [0.1, 0.15) is 41.0 Å². The topological polar surface area (TPSA) is 38.9 Å². The van der Waals surface area contributed by atoms with Gasteiger partial charge in [-0.1, -0.05) is 48.5 Å². The van der Waals surface area contributed by atoms with E-state index in [-0.39, 0.29) is 0 Å². The van der Waals surface area contributed by atoms with Crippen molar-refractivity contribution in [3.63, 3.8) is 0 Å². The van der Waals surface area contributed by atoms with Crippen LogP contribution in [0.4, 0.5) is 0 Å². The Bertz CT molecular complexity index is 759. The van der Waals surface area contributed by atoms with Gasteiger partial charge in [-0.15, -0.1) is 10.2 Å². The molecule has 0 N–H and O–H groups in total. The summed E-state index contributed by atoms with van der Waals surface area (Å²) in [6.07, 6.45) is 0. The molecule has 22 heavy (non-hydrogen) atoms. The van der Waals surface area contributed by atoms with Gasteiger partial charge in [0.25, 0.3) is 0 Å². The summed E-state index contributed by atoms with van der Waals surface area (Å²) in [5.74, 6) is 1.22. The maximum absolute atomic E-state index is 5.85. The van der Waals surface area contributed by atoms with Crippen LogP contribution in [0, 0.1) is 20.8 Å². The number of benzene rings is 2. The molecule has 0 atom stereocenters. The zero-order valence-corrected chi connectivity index (χ0v) is 13.4. The number of aryl methyl sites for hydroxylation is 3. The summed E-state index contributed by atoms with van der Waals surface area (Å²) in [4.78, 5) is 0. The van der Waals surface area contributed by atoms with E-state index in [1.807, 2.05) is 6.92 Å². The molecule has 0 aliphatic carbocycles. The highest BCUT2D eigenvalue weighted by Gasteiger charge is 2.38. The van der Waals surface area contributed by atoms with Crippen LogP contribution in [-0.2, 0) is 5.41 Å². The number of aromatic nitrogens is 2. The van der Waals surface area contributed by atoms with E-state index in [4.69, 9.17) is 4.42 Å². The fourth-order valence-corrected chi connectivity index (χ4v) is 3.14. The Hall–Kier alpha value is -2.42. The highest BCUT2D eigenvalue weighted by molar-refractivity contribution is 5.50. The molecule has 3 nitrogen and oxygen atoms in total. The monoisotopic (exact) mass is 292 g/mol. The van der Waals surface area contributed by atoms with Crippen molar-refractivity contribution in [2.75, 3.05) is 0 Å². The number of rotatable bonds is 3. The Balaban J connectivity index is 2.33. The molecule has 112 valence electrons. The summed E-state index contributed by atoms with van der Waals surface area (Å²) in [7, 11) is 0. The average molecular weight is 292 g/mol. The molecule has 0 unspecified atom stereocenters. The lowest BCUT2D eigenvalue weighted by Gasteiger charge is -2.30. The van der Waals surface area contributed by atoms with Gasteiger partial charge in [-0.2, -0.15) is 0 Å². The van der Waals surface area contributed by atoms with Crippen LogP contribution in [0.3, 0.4) is 0 Å². The van der Waals surface area contributed by atoms with Crippen LogP contribution >= 0.6 is 0 Å². The minimum Gasteiger partial charge on any atom is -0.424 e. The third-order valence-corrected chi connectivity index (χ3v) is 4.32. The van der Waals surface area contributed by atoms with Gasteiger partial charge in [0.15, 0.2) is 0 Å². The molecule has 0 saturated heterocycles. The third kappa shape index (κ3) is 2.23. The first kappa shape index (κ1) is 14.5. The maximum Gasteiger partial charge on any atom is 0.231 e. The summed E-state index contributed by atoms with van der Waals surface area (Å²) in [5, 5.41) is 8.38. The molecular formula is C19H20N2O. The molecule has 0 spiro atoms. The van der Waals surface area contributed by atoms with Crippen LogP contribution in [0.25, 0.3) is 0 Å². The van der Waals surface area contributed by atoms with Crippen LogP contribution in [0.2, 0.25) is 0 Å². The Morgan fingerprint density at radius 3 is 1.68 bits per heavy atom. The van der Waals surface area contributed by atoms with Crippen LogP contribution in [0.5, 0.6) is 0 Å². The summed E-state index contributed by atoms with van der Waals surface area (Å²) in [6, 6.07) is 16.7. The van der Waals surface area contributed by atoms with E-state index in [1.165, 1.54) is 22.3 Å². The summed E-state index contributed by atoms with van der Waals surface area (Å²) in [5.41, 5.74) is 4.34. The Labute approximate surface area is 131 Å². The average Bonchev–Trinajstić information content (AvgIpc) is 2.94. The molecule has 3 heteroatoms. The van der Waals surface area contributed by atoms with Crippen molar-refractivity contribution in [1.29, 1.82) is 0 Å². The van der Waals surface area contributed by atoms with Crippen molar-refractivity contribution in [2.24, 2.45) is 0 Å². The summed E-state index contributed by atoms with van der Waals surface area (Å²) < 4.78 is 5.85. The molecule has 2 aromatic carbocycles. The fourth-order valence-electron chi connectivity index (χ4n) is 3.14. The lowest BCUT2D eigenvalue weighted by molar-refractivity contribution is 0.411. The Kier molecular flexibility index (Phi) is 3.57. The van der Waals surface area contributed by atoms with Crippen molar-refractivity contribution in [1.82, 2.24) is 10.2 Å². The van der Waals surface area contributed by atoms with Gasteiger partial charge in [0.1, 0.15) is 0 Å². The molecule has 0 radical (unpaired) electrons. The third-order valence-electron chi connectivity index (χ3n) is 4.32. The SMILES string of the molecule is Cc1nnc(C(C)(c2ccccc2C)c2ccccc2C)o1. The zero-order valence-electron chi connectivity index (χ0n) is 13.4. The van der Waals surface area contributed by atoms with Gasteiger partial charge in [-0.25, -0.2) is 0 Å². The first-order valence-corrected chi connectivity index (χ1v) is 7.46. The molecule has 3 aromatic rings. The van der Waals surface area contributed by atoms with Crippen LogP contribution in [0.15, 0.2) is 52.9 Å². The van der Waals surface area contributed by atoms with E-state index in [0.29, 0.717) is 11.8 Å². The smallest absolute Gasteiger partial charge is 0.231 e. The lowest BCUT2D eigenvalue weighted by Crippen LogP contribution is -2.28. The largest absolute Gasteiger partial charge is 0.424 e. The zero-order chi connectivity index (χ0) is 15.7. The number of hydrogen-bond donors (Lipinski definition) is 0. The highest BCUT2D eigenvalue weighted by Crippen LogP contribution is 2.40. The molecule has 0 amide bonds. The van der Waals surface area contributed by atoms with Gasteiger partial charge in [0.05, 0.1) is 5.41 Å². The predicted octanol–water partition coefficient (Wildman–Crippen LogP) is 4.35. The van der Waals surface area contributed by atoms with E-state index in [0.717, 1.165) is 0 Å². The maximum atomic E-state index is 5.85. The Morgan fingerprint density at radius 2 is 1.27 bits per heavy atom. The molecule has 1 aromatic heterocycles. The van der Waals surface area contributed by atoms with E-state index in [1.54, 1.807) is 0 Å². The van der Waals surface area contributed by atoms with Gasteiger partial charge in [0, 0.05) is 6.92 Å². The van der Waals surface area contributed by atoms with Gasteiger partial charge in [0.2, 0.25) is 11.8 Å². The van der Waals surface area contributed by atoms with Gasteiger partial charge < -0.3 is 4.42 Å². The first-order chi connectivity index (χ1) is 10.5. The second-order valence-electron chi connectivity index (χ2n) is 5.88. The molecule has 3 rings (SSSR count). The minimum atomic E-state index is -0.460. The quantitative estimate of drug-likeness (QED) is 0.720. The Morgan fingerprint density at radius 1 is 0.773 bits per heavy atom. The number of hydrogen-bond acceptors (Lipinski definition) is 3. The molecule has 0 bridgehead atoms. The van der Waals surface area contributed by atoms with Crippen molar-refractivity contribution in [3.05, 3.63) is 82.6 Å². The predicted molar refractivity (Wildman–Crippen MR) is 86.9 cm³/mol. The normalized spacial score (nSPS) is 11.6. The summed E-state index contributed by atoms with van der Waals surface area (Å²) in [6.45, 7) is 8.22. The van der Waals surface area contributed by atoms with Crippen LogP contribution in [-0.4, -0.2) is 10.2 Å². The minimum absolute atomic E-state index is 0.460. The molecule has 0 saturated carbocycles. The van der Waals surface area contributed by atoms with Crippen LogP contribution < -0.4 is 0 Å². The first-order valence-electron chi connectivity index (χ1n) is 7.46. The fraction of sp³-hybridized carbons (Fsp3) is 0.263. The molecule has 1 heterocycles. The van der Waals surface area contributed by atoms with E-state index < -0.39 is 5.41 Å². The van der Waals surface area contributed by atoms with Crippen molar-refractivity contribution in [3.8, 4) is 0 Å². The highest BCUT2D eigenvalue weighted by atomic mass is 16.4. The van der Waals surface area contributed by atoms with Crippen molar-refractivity contribution < 1.29 is 4.42 Å². The van der Waals surface area contributed by atoms with Crippen molar-refractivity contribution in [2.45, 2.75) is 33.1 Å². The van der Waals surface area contributed by atoms with E-state index >= 15 is 0 Å². The van der Waals surface area contributed by atoms with E-state index in [2.05, 4.69) is 79.5 Å². The second-order valence-corrected chi connectivity index (χ2v) is 5.88. The molecule has 0 aliphatic heterocycles. The molecular weight excluding hydrogens is 272 g/mol.